The zero-order valence-electron chi connectivity index (χ0n) is 13.4. The van der Waals surface area contributed by atoms with E-state index in [-0.39, 0.29) is 24.5 Å². The number of ether oxygens (including phenoxy) is 2. The lowest BCUT2D eigenvalue weighted by molar-refractivity contribution is -0.139. The van der Waals surface area contributed by atoms with Crippen molar-refractivity contribution in [2.75, 3.05) is 20.8 Å². The molecule has 1 aromatic heterocycles. The highest BCUT2D eigenvalue weighted by molar-refractivity contribution is 5.97. The van der Waals surface area contributed by atoms with Crippen molar-refractivity contribution in [2.24, 2.45) is 0 Å². The van der Waals surface area contributed by atoms with Crippen LogP contribution in [0.1, 0.15) is 16.9 Å². The molecule has 0 aliphatic heterocycles. The number of nitrogens with one attached hydrogen (secondary N) is 1. The molecule has 8 heteroatoms. The van der Waals surface area contributed by atoms with Crippen molar-refractivity contribution in [1.82, 2.24) is 15.1 Å². The number of benzene rings is 1. The molecule has 1 unspecified atom stereocenters. The molecule has 0 bridgehead atoms. The van der Waals surface area contributed by atoms with E-state index in [2.05, 4.69) is 10.4 Å². The van der Waals surface area contributed by atoms with Gasteiger partial charge < -0.3 is 19.9 Å². The van der Waals surface area contributed by atoms with Gasteiger partial charge in [0.15, 0.2) is 11.4 Å². The molecule has 2 aromatic rings. The first kappa shape index (κ1) is 17.5. The van der Waals surface area contributed by atoms with Crippen molar-refractivity contribution in [2.45, 2.75) is 12.5 Å². The van der Waals surface area contributed by atoms with Gasteiger partial charge in [0.2, 0.25) is 0 Å². The molecular weight excluding hydrogens is 314 g/mol. The van der Waals surface area contributed by atoms with E-state index in [0.717, 1.165) is 5.69 Å². The van der Waals surface area contributed by atoms with Crippen molar-refractivity contribution in [1.29, 1.82) is 0 Å². The van der Waals surface area contributed by atoms with Gasteiger partial charge in [0.25, 0.3) is 5.91 Å². The molecule has 1 atom stereocenters. The van der Waals surface area contributed by atoms with Crippen LogP contribution in [0.3, 0.4) is 0 Å². The Hall–Kier alpha value is -2.87. The van der Waals surface area contributed by atoms with Gasteiger partial charge in [-0.1, -0.05) is 18.2 Å². The first-order chi connectivity index (χ1) is 11.6. The first-order valence-corrected chi connectivity index (χ1v) is 7.28. The van der Waals surface area contributed by atoms with Gasteiger partial charge in [-0.15, -0.1) is 0 Å². The number of carboxylic acids is 1. The number of hydrogen-bond acceptors (Lipinski definition) is 5. The second-order valence-corrected chi connectivity index (χ2v) is 4.97. The lowest BCUT2D eigenvalue weighted by atomic mass is 10.2. The Kier molecular flexibility index (Phi) is 5.91. The minimum Gasteiger partial charge on any atom is -0.493 e. The van der Waals surface area contributed by atoms with Gasteiger partial charge in [0, 0.05) is 20.1 Å². The molecule has 2 N–H and O–H groups in total. The SMILES string of the molecule is COCCC(NC(=O)c1nn(-c2ccccc2)cc1OC)C(=O)O. The summed E-state index contributed by atoms with van der Waals surface area (Å²) in [5.74, 6) is -1.50. The van der Waals surface area contributed by atoms with Crippen LogP contribution >= 0.6 is 0 Å². The van der Waals surface area contributed by atoms with E-state index < -0.39 is 17.9 Å². The average Bonchev–Trinajstić information content (AvgIpc) is 3.03. The monoisotopic (exact) mass is 333 g/mol. The van der Waals surface area contributed by atoms with Crippen LogP contribution in [-0.4, -0.2) is 53.6 Å². The molecule has 1 heterocycles. The maximum Gasteiger partial charge on any atom is 0.326 e. The Labute approximate surface area is 139 Å². The van der Waals surface area contributed by atoms with E-state index in [0.29, 0.717) is 0 Å². The van der Waals surface area contributed by atoms with E-state index in [1.165, 1.54) is 18.9 Å². The van der Waals surface area contributed by atoms with Gasteiger partial charge in [0.1, 0.15) is 6.04 Å². The normalized spacial score (nSPS) is 11.8. The number of carboxylic acid groups (broad SMARTS) is 1. The van der Waals surface area contributed by atoms with Gasteiger partial charge in [-0.3, -0.25) is 4.79 Å². The number of hydrogen-bond donors (Lipinski definition) is 2. The summed E-state index contributed by atoms with van der Waals surface area (Å²) in [5.41, 5.74) is 0.772. The third kappa shape index (κ3) is 4.11. The van der Waals surface area contributed by atoms with E-state index in [4.69, 9.17) is 9.47 Å². The standard InChI is InChI=1S/C16H19N3O5/c1-23-9-8-12(16(21)22)17-15(20)14-13(24-2)10-19(18-14)11-6-4-3-5-7-11/h3-7,10,12H,8-9H2,1-2H3,(H,17,20)(H,21,22). The number of carbonyl (C=O) groups is 2. The van der Waals surface area contributed by atoms with Gasteiger partial charge in [-0.25, -0.2) is 9.48 Å². The van der Waals surface area contributed by atoms with Crippen LogP contribution < -0.4 is 10.1 Å². The molecule has 0 saturated heterocycles. The van der Waals surface area contributed by atoms with E-state index >= 15 is 0 Å². The highest BCUT2D eigenvalue weighted by atomic mass is 16.5. The average molecular weight is 333 g/mol. The van der Waals surface area contributed by atoms with Crippen LogP contribution in [0, 0.1) is 0 Å². The third-order valence-electron chi connectivity index (χ3n) is 3.35. The van der Waals surface area contributed by atoms with E-state index in [1.807, 2.05) is 30.3 Å². The summed E-state index contributed by atoms with van der Waals surface area (Å²) in [4.78, 5) is 23.6. The minimum atomic E-state index is -1.14. The Morgan fingerprint density at radius 2 is 2.00 bits per heavy atom. The molecule has 0 fully saturated rings. The van der Waals surface area contributed by atoms with Crippen LogP contribution in [0.5, 0.6) is 5.75 Å². The van der Waals surface area contributed by atoms with E-state index in [9.17, 15) is 14.7 Å². The smallest absolute Gasteiger partial charge is 0.326 e. The zero-order valence-corrected chi connectivity index (χ0v) is 13.4. The van der Waals surface area contributed by atoms with Crippen molar-refractivity contribution in [3.63, 3.8) is 0 Å². The van der Waals surface area contributed by atoms with Crippen LogP contribution in [0.4, 0.5) is 0 Å². The van der Waals surface area contributed by atoms with Crippen molar-refractivity contribution < 1.29 is 24.2 Å². The fourth-order valence-electron chi connectivity index (χ4n) is 2.10. The fraction of sp³-hybridized carbons (Fsp3) is 0.312. The molecule has 0 spiro atoms. The van der Waals surface area contributed by atoms with E-state index in [1.54, 1.807) is 6.20 Å². The predicted octanol–water partition coefficient (Wildman–Crippen LogP) is 1.10. The summed E-state index contributed by atoms with van der Waals surface area (Å²) in [6, 6.07) is 8.14. The lowest BCUT2D eigenvalue weighted by Crippen LogP contribution is -2.41. The number of aromatic nitrogens is 2. The molecule has 0 aliphatic rings. The van der Waals surface area contributed by atoms with Crippen molar-refractivity contribution in [3.05, 3.63) is 42.2 Å². The number of nitrogens with zero attached hydrogens (tertiary/aromatic N) is 2. The largest absolute Gasteiger partial charge is 0.493 e. The summed E-state index contributed by atoms with van der Waals surface area (Å²) in [7, 11) is 2.88. The Morgan fingerprint density at radius 3 is 2.58 bits per heavy atom. The highest BCUT2D eigenvalue weighted by Gasteiger charge is 2.24. The third-order valence-corrected chi connectivity index (χ3v) is 3.35. The summed E-state index contributed by atoms with van der Waals surface area (Å²) in [5, 5.41) is 15.8. The molecule has 0 saturated carbocycles. The number of aliphatic carboxylic acids is 1. The first-order valence-electron chi connectivity index (χ1n) is 7.28. The second-order valence-electron chi connectivity index (χ2n) is 4.97. The summed E-state index contributed by atoms with van der Waals surface area (Å²) < 4.78 is 11.5. The van der Waals surface area contributed by atoms with Crippen LogP contribution in [0.2, 0.25) is 0 Å². The summed E-state index contributed by atoms with van der Waals surface area (Å²) in [6.07, 6.45) is 1.72. The number of para-hydroxylation sites is 1. The van der Waals surface area contributed by atoms with Crippen molar-refractivity contribution in [3.8, 4) is 11.4 Å². The minimum absolute atomic E-state index is 0.0185. The highest BCUT2D eigenvalue weighted by Crippen LogP contribution is 2.19. The van der Waals surface area contributed by atoms with Crippen LogP contribution in [0.15, 0.2) is 36.5 Å². The second kappa shape index (κ2) is 8.11. The molecule has 128 valence electrons. The number of carbonyl (C=O) groups excluding carboxylic acids is 1. The van der Waals surface area contributed by atoms with Gasteiger partial charge in [-0.05, 0) is 12.1 Å². The number of methoxy groups -OCH3 is 2. The number of amides is 1. The molecular formula is C16H19N3O5. The maximum atomic E-state index is 12.4. The van der Waals surface area contributed by atoms with Gasteiger partial charge in [-0.2, -0.15) is 5.10 Å². The zero-order chi connectivity index (χ0) is 17.5. The number of rotatable bonds is 8. The molecule has 2 rings (SSSR count). The van der Waals surface area contributed by atoms with Crippen molar-refractivity contribution >= 4 is 11.9 Å². The quantitative estimate of drug-likeness (QED) is 0.750. The molecule has 1 amide bonds. The Balaban J connectivity index is 2.22. The topological polar surface area (TPSA) is 103 Å². The van der Waals surface area contributed by atoms with Gasteiger partial charge in [0.05, 0.1) is 19.0 Å². The predicted molar refractivity (Wildman–Crippen MR) is 85.5 cm³/mol. The maximum absolute atomic E-state index is 12.4. The molecule has 24 heavy (non-hydrogen) atoms. The van der Waals surface area contributed by atoms with Crippen LogP contribution in [0.25, 0.3) is 5.69 Å². The summed E-state index contributed by atoms with van der Waals surface area (Å²) in [6.45, 7) is 0.215. The fourth-order valence-corrected chi connectivity index (χ4v) is 2.10. The van der Waals surface area contributed by atoms with Crippen LogP contribution in [-0.2, 0) is 9.53 Å². The molecule has 1 aromatic carbocycles. The lowest BCUT2D eigenvalue weighted by Gasteiger charge is -2.13. The molecule has 0 radical (unpaired) electrons. The Morgan fingerprint density at radius 1 is 1.29 bits per heavy atom. The molecule has 0 aliphatic carbocycles. The summed E-state index contributed by atoms with van der Waals surface area (Å²) >= 11 is 0. The molecule has 8 nitrogen and oxygen atoms in total. The van der Waals surface area contributed by atoms with Gasteiger partial charge >= 0.3 is 5.97 Å². The Bertz CT molecular complexity index is 699.